The van der Waals surface area contributed by atoms with E-state index < -0.39 is 16.7 Å². The molecule has 3 aromatic rings. The summed E-state index contributed by atoms with van der Waals surface area (Å²) in [6.45, 7) is 0. The fourth-order valence-corrected chi connectivity index (χ4v) is 2.70. The minimum Gasteiger partial charge on any atom is -0.258 e. The molecule has 1 heterocycles. The van der Waals surface area contributed by atoms with Crippen LogP contribution < -0.4 is 0 Å². The minimum atomic E-state index is -4.54. The highest BCUT2D eigenvalue weighted by atomic mass is 79.9. The van der Waals surface area contributed by atoms with Crippen molar-refractivity contribution in [3.63, 3.8) is 0 Å². The van der Waals surface area contributed by atoms with Crippen molar-refractivity contribution in [1.82, 2.24) is 4.98 Å². The number of pyridine rings is 1. The van der Waals surface area contributed by atoms with Crippen LogP contribution in [-0.4, -0.2) is 9.91 Å². The number of aromatic nitrogens is 1. The second-order valence-corrected chi connectivity index (χ2v) is 5.93. The van der Waals surface area contributed by atoms with Crippen molar-refractivity contribution in [1.29, 1.82) is 0 Å². The Morgan fingerprint density at radius 1 is 1.04 bits per heavy atom. The van der Waals surface area contributed by atoms with E-state index in [1.54, 1.807) is 6.07 Å². The van der Waals surface area contributed by atoms with E-state index in [1.807, 2.05) is 0 Å². The maximum absolute atomic E-state index is 13.4. The van der Waals surface area contributed by atoms with Crippen LogP contribution in [0, 0.1) is 10.1 Å². The van der Waals surface area contributed by atoms with Crippen LogP contribution in [-0.2, 0) is 6.18 Å². The van der Waals surface area contributed by atoms with Gasteiger partial charge >= 0.3 is 6.18 Å². The van der Waals surface area contributed by atoms with E-state index in [0.717, 1.165) is 6.07 Å². The van der Waals surface area contributed by atoms with Crippen LogP contribution in [0.5, 0.6) is 0 Å². The first kappa shape index (κ1) is 16.4. The van der Waals surface area contributed by atoms with Crippen molar-refractivity contribution in [2.75, 3.05) is 0 Å². The van der Waals surface area contributed by atoms with Crippen LogP contribution in [0.2, 0.25) is 0 Å². The third-order valence-electron chi connectivity index (χ3n) is 3.45. The van der Waals surface area contributed by atoms with Crippen LogP contribution in [0.4, 0.5) is 18.9 Å². The summed E-state index contributed by atoms with van der Waals surface area (Å²) >= 11 is 3.16. The highest BCUT2D eigenvalue weighted by Crippen LogP contribution is 2.37. The maximum atomic E-state index is 13.4. The molecule has 0 radical (unpaired) electrons. The van der Waals surface area contributed by atoms with E-state index in [2.05, 4.69) is 20.9 Å². The Morgan fingerprint density at radius 3 is 2.29 bits per heavy atom. The number of nitrogens with zero attached hydrogens (tertiary/aromatic N) is 2. The zero-order valence-electron chi connectivity index (χ0n) is 11.8. The van der Waals surface area contributed by atoms with Gasteiger partial charge in [0.1, 0.15) is 0 Å². The average Bonchev–Trinajstić information content (AvgIpc) is 2.53. The molecule has 24 heavy (non-hydrogen) atoms. The zero-order valence-corrected chi connectivity index (χ0v) is 13.4. The molecule has 0 aliphatic heterocycles. The monoisotopic (exact) mass is 396 g/mol. The van der Waals surface area contributed by atoms with Gasteiger partial charge in [0.2, 0.25) is 0 Å². The summed E-state index contributed by atoms with van der Waals surface area (Å²) < 4.78 is 40.7. The Hall–Kier alpha value is -2.48. The SMILES string of the molecule is O=[N+]([O-])c1ccc(-c2cc(C(F)(F)F)c3cc(Br)ccc3n2)cc1. The van der Waals surface area contributed by atoms with Crippen LogP contribution in [0.25, 0.3) is 22.2 Å². The lowest BCUT2D eigenvalue weighted by Crippen LogP contribution is -2.07. The summed E-state index contributed by atoms with van der Waals surface area (Å²) in [4.78, 5) is 14.3. The molecule has 0 bridgehead atoms. The molecule has 0 amide bonds. The Bertz CT molecular complexity index is 940. The summed E-state index contributed by atoms with van der Waals surface area (Å²) in [6.07, 6.45) is -4.54. The van der Waals surface area contributed by atoms with Crippen molar-refractivity contribution >= 4 is 32.5 Å². The number of non-ortho nitro benzene ring substituents is 1. The number of alkyl halides is 3. The van der Waals surface area contributed by atoms with Crippen molar-refractivity contribution in [3.8, 4) is 11.3 Å². The second-order valence-electron chi connectivity index (χ2n) is 5.02. The molecule has 0 fully saturated rings. The molecular weight excluding hydrogens is 389 g/mol. The van der Waals surface area contributed by atoms with Gasteiger partial charge in [0.25, 0.3) is 5.69 Å². The van der Waals surface area contributed by atoms with E-state index in [4.69, 9.17) is 0 Å². The third-order valence-corrected chi connectivity index (χ3v) is 3.94. The lowest BCUT2D eigenvalue weighted by molar-refractivity contribution is -0.384. The van der Waals surface area contributed by atoms with Crippen LogP contribution in [0.15, 0.2) is 53.0 Å². The van der Waals surface area contributed by atoms with Gasteiger partial charge in [-0.1, -0.05) is 15.9 Å². The Labute approximate surface area is 142 Å². The molecule has 8 heteroatoms. The van der Waals surface area contributed by atoms with Gasteiger partial charge in [0, 0.05) is 27.6 Å². The number of hydrogen-bond acceptors (Lipinski definition) is 3. The van der Waals surface area contributed by atoms with Crippen molar-refractivity contribution in [2.45, 2.75) is 6.18 Å². The number of benzene rings is 2. The minimum absolute atomic E-state index is 0.0115. The Morgan fingerprint density at radius 2 is 1.71 bits per heavy atom. The van der Waals surface area contributed by atoms with E-state index in [-0.39, 0.29) is 22.3 Å². The van der Waals surface area contributed by atoms with Gasteiger partial charge in [-0.2, -0.15) is 13.2 Å². The highest BCUT2D eigenvalue weighted by Gasteiger charge is 2.33. The van der Waals surface area contributed by atoms with E-state index >= 15 is 0 Å². The normalized spacial score (nSPS) is 11.7. The summed E-state index contributed by atoms with van der Waals surface area (Å²) in [5.41, 5.74) is -0.272. The molecule has 122 valence electrons. The number of fused-ring (bicyclic) bond motifs is 1. The van der Waals surface area contributed by atoms with Gasteiger partial charge in [0.05, 0.1) is 21.7 Å². The van der Waals surface area contributed by atoms with Crippen molar-refractivity contribution in [3.05, 3.63) is 68.7 Å². The fraction of sp³-hybridized carbons (Fsp3) is 0.0625. The number of rotatable bonds is 2. The molecular formula is C16H8BrF3N2O2. The third kappa shape index (κ3) is 3.09. The van der Waals surface area contributed by atoms with Crippen molar-refractivity contribution in [2.24, 2.45) is 0 Å². The first-order valence-corrected chi connectivity index (χ1v) is 7.47. The van der Waals surface area contributed by atoms with Crippen LogP contribution in [0.3, 0.4) is 0 Å². The van der Waals surface area contributed by atoms with Gasteiger partial charge in [-0.3, -0.25) is 10.1 Å². The van der Waals surface area contributed by atoms with Crippen molar-refractivity contribution < 1.29 is 18.1 Å². The van der Waals surface area contributed by atoms with E-state index in [0.29, 0.717) is 10.0 Å². The predicted octanol–water partition coefficient (Wildman–Crippen LogP) is 5.59. The number of halogens is 4. The molecule has 0 N–H and O–H groups in total. The molecule has 0 aliphatic rings. The van der Waals surface area contributed by atoms with Crippen LogP contribution in [0.1, 0.15) is 5.56 Å². The first-order chi connectivity index (χ1) is 11.3. The van der Waals surface area contributed by atoms with Gasteiger partial charge in [0.15, 0.2) is 0 Å². The summed E-state index contributed by atoms with van der Waals surface area (Å²) in [6, 6.07) is 10.6. The van der Waals surface area contributed by atoms with Gasteiger partial charge < -0.3 is 0 Å². The number of hydrogen-bond donors (Lipinski definition) is 0. The largest absolute Gasteiger partial charge is 0.417 e. The molecule has 0 aliphatic carbocycles. The molecule has 4 nitrogen and oxygen atoms in total. The Balaban J connectivity index is 2.22. The molecule has 3 rings (SSSR count). The first-order valence-electron chi connectivity index (χ1n) is 6.68. The van der Waals surface area contributed by atoms with Gasteiger partial charge in [-0.25, -0.2) is 4.98 Å². The molecule has 0 saturated heterocycles. The molecule has 0 spiro atoms. The topological polar surface area (TPSA) is 56.0 Å². The zero-order chi connectivity index (χ0) is 17.5. The summed E-state index contributed by atoms with van der Waals surface area (Å²) in [7, 11) is 0. The average molecular weight is 397 g/mol. The highest BCUT2D eigenvalue weighted by molar-refractivity contribution is 9.10. The smallest absolute Gasteiger partial charge is 0.258 e. The number of nitro groups is 1. The number of nitro benzene ring substituents is 1. The molecule has 0 saturated carbocycles. The Kier molecular flexibility index (Phi) is 4.00. The van der Waals surface area contributed by atoms with E-state index in [1.165, 1.54) is 36.4 Å². The standard InChI is InChI=1S/C16H8BrF3N2O2/c17-10-3-6-14-12(7-10)13(16(18,19)20)8-15(21-14)9-1-4-11(5-2-9)22(23)24/h1-8H. The fourth-order valence-electron chi connectivity index (χ4n) is 2.33. The van der Waals surface area contributed by atoms with Gasteiger partial charge in [-0.05, 0) is 36.4 Å². The molecule has 0 atom stereocenters. The molecule has 0 unspecified atom stereocenters. The second kappa shape index (κ2) is 5.86. The molecule has 1 aromatic heterocycles. The van der Waals surface area contributed by atoms with Gasteiger partial charge in [-0.15, -0.1) is 0 Å². The van der Waals surface area contributed by atoms with Crippen LogP contribution >= 0.6 is 15.9 Å². The summed E-state index contributed by atoms with van der Waals surface area (Å²) in [5.74, 6) is 0. The lowest BCUT2D eigenvalue weighted by Gasteiger charge is -2.13. The predicted molar refractivity (Wildman–Crippen MR) is 86.5 cm³/mol. The lowest BCUT2D eigenvalue weighted by atomic mass is 10.0. The maximum Gasteiger partial charge on any atom is 0.417 e. The quantitative estimate of drug-likeness (QED) is 0.418. The summed E-state index contributed by atoms with van der Waals surface area (Å²) in [5, 5.41) is 10.7. The molecule has 2 aromatic carbocycles. The van der Waals surface area contributed by atoms with E-state index in [9.17, 15) is 23.3 Å².